The Kier molecular flexibility index (Phi) is 8.98. The molecule has 1 aromatic rings. The molecule has 0 radical (unpaired) electrons. The Morgan fingerprint density at radius 2 is 1.52 bits per heavy atom. The fourth-order valence-corrected chi connectivity index (χ4v) is 3.13. The van der Waals surface area contributed by atoms with E-state index in [9.17, 15) is 4.79 Å². The maximum absolute atomic E-state index is 12.6. The highest BCUT2D eigenvalue weighted by molar-refractivity contribution is 5.98. The van der Waals surface area contributed by atoms with Gasteiger partial charge in [-0.2, -0.15) is 5.06 Å². The van der Waals surface area contributed by atoms with Gasteiger partial charge in [-0.3, -0.25) is 9.63 Å². The van der Waals surface area contributed by atoms with Gasteiger partial charge in [-0.15, -0.1) is 0 Å². The largest absolute Gasteiger partial charge is 0.352 e. The predicted octanol–water partition coefficient (Wildman–Crippen LogP) is 5.64. The van der Waals surface area contributed by atoms with Gasteiger partial charge < -0.3 is 4.74 Å². The van der Waals surface area contributed by atoms with Gasteiger partial charge in [0.15, 0.2) is 6.23 Å². The molecule has 2 rings (SSSR count). The molecule has 140 valence electrons. The Morgan fingerprint density at radius 3 is 2.28 bits per heavy atom. The van der Waals surface area contributed by atoms with Crippen LogP contribution < -0.4 is 0 Å². The summed E-state index contributed by atoms with van der Waals surface area (Å²) in [4.78, 5) is 18.5. The van der Waals surface area contributed by atoms with Crippen molar-refractivity contribution >= 4 is 5.91 Å². The fourth-order valence-electron chi connectivity index (χ4n) is 3.13. The van der Waals surface area contributed by atoms with Gasteiger partial charge in [0.05, 0.1) is 6.61 Å². The average molecular weight is 347 g/mol. The molecule has 4 heteroatoms. The highest BCUT2D eigenvalue weighted by atomic mass is 16.7. The van der Waals surface area contributed by atoms with Gasteiger partial charge in [-0.1, -0.05) is 77.0 Å². The maximum Gasteiger partial charge on any atom is 0.280 e. The van der Waals surface area contributed by atoms with Crippen LogP contribution in [0.5, 0.6) is 0 Å². The highest BCUT2D eigenvalue weighted by Gasteiger charge is 2.38. The Morgan fingerprint density at radius 1 is 0.880 bits per heavy atom. The van der Waals surface area contributed by atoms with Crippen LogP contribution in [0, 0.1) is 0 Å². The molecular weight excluding hydrogens is 314 g/mol. The van der Waals surface area contributed by atoms with Crippen LogP contribution in [-0.4, -0.2) is 24.2 Å². The number of carbonyl (C=O) groups is 1. The van der Waals surface area contributed by atoms with Crippen LogP contribution in [0.1, 0.15) is 93.8 Å². The van der Waals surface area contributed by atoms with Crippen molar-refractivity contribution in [2.45, 2.75) is 77.9 Å². The van der Waals surface area contributed by atoms with Crippen LogP contribution in [0.15, 0.2) is 24.3 Å². The van der Waals surface area contributed by atoms with Crippen LogP contribution in [0.3, 0.4) is 0 Å². The Labute approximate surface area is 152 Å². The Bertz CT molecular complexity index is 518. The SMILES string of the molecule is CCCCCCCON1C(=O)c2ccccc2C1OCCCCCC. The lowest BCUT2D eigenvalue weighted by Gasteiger charge is -2.24. The van der Waals surface area contributed by atoms with Crippen LogP contribution in [0.25, 0.3) is 0 Å². The molecule has 0 saturated heterocycles. The maximum atomic E-state index is 12.6. The zero-order chi connectivity index (χ0) is 17.9. The molecule has 0 spiro atoms. The second kappa shape index (κ2) is 11.3. The van der Waals surface area contributed by atoms with E-state index in [2.05, 4.69) is 13.8 Å². The van der Waals surface area contributed by atoms with E-state index in [0.717, 1.165) is 31.2 Å². The van der Waals surface area contributed by atoms with Crippen molar-refractivity contribution in [2.24, 2.45) is 0 Å². The first kappa shape index (κ1) is 19.9. The lowest BCUT2D eigenvalue weighted by molar-refractivity contribution is -0.216. The van der Waals surface area contributed by atoms with Crippen LogP contribution in [0.2, 0.25) is 0 Å². The van der Waals surface area contributed by atoms with E-state index in [0.29, 0.717) is 18.8 Å². The summed E-state index contributed by atoms with van der Waals surface area (Å²) in [6.45, 7) is 5.63. The first-order chi connectivity index (χ1) is 12.3. The van der Waals surface area contributed by atoms with E-state index >= 15 is 0 Å². The summed E-state index contributed by atoms with van der Waals surface area (Å²) in [5.74, 6) is -0.0808. The molecule has 1 aromatic carbocycles. The smallest absolute Gasteiger partial charge is 0.280 e. The molecule has 1 aliphatic heterocycles. The summed E-state index contributed by atoms with van der Waals surface area (Å²) >= 11 is 0. The van der Waals surface area contributed by atoms with Gasteiger partial charge in [0.2, 0.25) is 0 Å². The molecule has 1 heterocycles. The first-order valence-corrected chi connectivity index (χ1v) is 9.96. The van der Waals surface area contributed by atoms with Crippen molar-refractivity contribution in [3.05, 3.63) is 35.4 Å². The number of unbranched alkanes of at least 4 members (excludes halogenated alkanes) is 7. The quantitative estimate of drug-likeness (QED) is 0.433. The molecule has 1 atom stereocenters. The van der Waals surface area contributed by atoms with E-state index < -0.39 is 6.23 Å². The van der Waals surface area contributed by atoms with E-state index in [1.165, 1.54) is 37.2 Å². The van der Waals surface area contributed by atoms with E-state index in [-0.39, 0.29) is 5.91 Å². The van der Waals surface area contributed by atoms with Crippen molar-refractivity contribution < 1.29 is 14.4 Å². The molecule has 1 aliphatic rings. The number of carbonyl (C=O) groups excluding carboxylic acids is 1. The van der Waals surface area contributed by atoms with Gasteiger partial charge >= 0.3 is 0 Å². The number of rotatable bonds is 13. The van der Waals surface area contributed by atoms with Crippen LogP contribution in [0.4, 0.5) is 0 Å². The summed E-state index contributed by atoms with van der Waals surface area (Å²) in [7, 11) is 0. The number of fused-ring (bicyclic) bond motifs is 1. The number of hydrogen-bond donors (Lipinski definition) is 0. The van der Waals surface area contributed by atoms with Crippen molar-refractivity contribution in [2.75, 3.05) is 13.2 Å². The summed E-state index contributed by atoms with van der Waals surface area (Å²) in [6.07, 6.45) is 10.1. The van der Waals surface area contributed by atoms with Gasteiger partial charge in [-0.25, -0.2) is 0 Å². The van der Waals surface area contributed by atoms with Crippen molar-refractivity contribution in [3.8, 4) is 0 Å². The van der Waals surface area contributed by atoms with E-state index in [1.807, 2.05) is 24.3 Å². The molecule has 4 nitrogen and oxygen atoms in total. The van der Waals surface area contributed by atoms with Crippen molar-refractivity contribution in [3.63, 3.8) is 0 Å². The van der Waals surface area contributed by atoms with Gasteiger partial charge in [0, 0.05) is 17.7 Å². The standard InChI is InChI=1S/C21H33NO3/c1-3-5-7-9-13-17-25-22-20(23)18-14-10-11-15-19(18)21(22)24-16-12-8-6-4-2/h10-11,14-15,21H,3-9,12-13,16-17H2,1-2H3. The second-order valence-electron chi connectivity index (χ2n) is 6.75. The summed E-state index contributed by atoms with van der Waals surface area (Å²) in [5, 5.41) is 1.45. The summed E-state index contributed by atoms with van der Waals surface area (Å²) in [5.41, 5.74) is 1.63. The Balaban J connectivity index is 1.87. The normalized spacial score (nSPS) is 16.5. The van der Waals surface area contributed by atoms with Crippen LogP contribution in [-0.2, 0) is 9.57 Å². The molecular formula is C21H33NO3. The lowest BCUT2D eigenvalue weighted by Crippen LogP contribution is -2.30. The van der Waals surface area contributed by atoms with Gasteiger partial charge in [0.1, 0.15) is 0 Å². The molecule has 1 amide bonds. The minimum Gasteiger partial charge on any atom is -0.352 e. The number of amides is 1. The zero-order valence-electron chi connectivity index (χ0n) is 15.8. The second-order valence-corrected chi connectivity index (χ2v) is 6.75. The van der Waals surface area contributed by atoms with E-state index in [1.54, 1.807) is 0 Å². The number of hydrogen-bond acceptors (Lipinski definition) is 3. The molecule has 25 heavy (non-hydrogen) atoms. The topological polar surface area (TPSA) is 38.8 Å². The number of hydroxylamine groups is 2. The molecule has 0 bridgehead atoms. The number of nitrogens with zero attached hydrogens (tertiary/aromatic N) is 1. The minimum atomic E-state index is -0.402. The molecule has 0 N–H and O–H groups in total. The van der Waals surface area contributed by atoms with Gasteiger partial charge in [0.25, 0.3) is 5.91 Å². The third-order valence-electron chi connectivity index (χ3n) is 4.62. The third kappa shape index (κ3) is 5.82. The molecule has 0 aromatic heterocycles. The lowest BCUT2D eigenvalue weighted by atomic mass is 10.1. The molecule has 0 saturated carbocycles. The summed E-state index contributed by atoms with van der Waals surface area (Å²) < 4.78 is 6.03. The number of benzene rings is 1. The third-order valence-corrected chi connectivity index (χ3v) is 4.62. The molecule has 1 unspecified atom stereocenters. The minimum absolute atomic E-state index is 0.0808. The van der Waals surface area contributed by atoms with Crippen molar-refractivity contribution in [1.82, 2.24) is 5.06 Å². The predicted molar refractivity (Wildman–Crippen MR) is 100 cm³/mol. The Hall–Kier alpha value is -1.39. The highest BCUT2D eigenvalue weighted by Crippen LogP contribution is 2.34. The average Bonchev–Trinajstić information content (AvgIpc) is 2.90. The van der Waals surface area contributed by atoms with E-state index in [4.69, 9.17) is 9.57 Å². The van der Waals surface area contributed by atoms with Gasteiger partial charge in [-0.05, 0) is 18.9 Å². The molecule has 0 fully saturated rings. The van der Waals surface area contributed by atoms with Crippen molar-refractivity contribution in [1.29, 1.82) is 0 Å². The fraction of sp³-hybridized carbons (Fsp3) is 0.667. The number of ether oxygens (including phenoxy) is 1. The molecule has 0 aliphatic carbocycles. The monoisotopic (exact) mass is 347 g/mol. The summed E-state index contributed by atoms with van der Waals surface area (Å²) in [6, 6.07) is 7.67. The first-order valence-electron chi connectivity index (χ1n) is 9.96. The zero-order valence-corrected chi connectivity index (χ0v) is 15.8. The van der Waals surface area contributed by atoms with Crippen LogP contribution >= 0.6 is 0 Å².